The maximum atomic E-state index is 5.89. The zero-order valence-electron chi connectivity index (χ0n) is 26.2. The summed E-state index contributed by atoms with van der Waals surface area (Å²) in [5.41, 5.74) is 14.3. The molecule has 1 aromatic carbocycles. The molecule has 0 bridgehead atoms. The molecule has 3 aromatic rings. The molecule has 0 radical (unpaired) electrons. The molecule has 2 fully saturated rings. The summed E-state index contributed by atoms with van der Waals surface area (Å²) >= 11 is 0. The van der Waals surface area contributed by atoms with E-state index in [1.807, 2.05) is 58.0 Å². The molecule has 0 saturated carbocycles. The monoisotopic (exact) mass is 593 g/mol. The number of nitrogens with two attached hydrogens (primary N) is 1. The molecular formula is C33H43N11. The Kier molecular flexibility index (Phi) is 8.84. The Morgan fingerprint density at radius 3 is 2.27 bits per heavy atom. The highest BCUT2D eigenvalue weighted by Crippen LogP contribution is 2.29. The molecule has 230 valence electrons. The minimum atomic E-state index is -0.0376. The molecule has 2 aromatic heterocycles. The molecule has 1 spiro atoms. The van der Waals surface area contributed by atoms with Gasteiger partial charge in [0, 0.05) is 53.8 Å². The van der Waals surface area contributed by atoms with Crippen LogP contribution in [-0.2, 0) is 0 Å². The van der Waals surface area contributed by atoms with Gasteiger partial charge in [0.05, 0.1) is 22.6 Å². The van der Waals surface area contributed by atoms with Gasteiger partial charge in [0.2, 0.25) is 5.95 Å². The number of aliphatic imine (C=N–C) groups is 1. The number of allylic oxidation sites excluding steroid dienone is 2. The van der Waals surface area contributed by atoms with Gasteiger partial charge in [-0.3, -0.25) is 0 Å². The zero-order chi connectivity index (χ0) is 31.4. The molecule has 0 aliphatic carbocycles. The number of nitrogen functional groups attached to an aromatic ring is 1. The van der Waals surface area contributed by atoms with Crippen molar-refractivity contribution in [3.63, 3.8) is 0 Å². The number of hydrogen-bond donors (Lipinski definition) is 5. The number of benzene rings is 1. The van der Waals surface area contributed by atoms with E-state index in [1.54, 1.807) is 0 Å². The van der Waals surface area contributed by atoms with Crippen LogP contribution in [0.1, 0.15) is 54.2 Å². The molecule has 6 N–H and O–H groups in total. The average molecular weight is 594 g/mol. The molecule has 0 amide bonds. The van der Waals surface area contributed by atoms with Crippen LogP contribution in [0.25, 0.3) is 5.70 Å². The predicted octanol–water partition coefficient (Wildman–Crippen LogP) is 5.10. The topological polar surface area (TPSA) is 141 Å². The summed E-state index contributed by atoms with van der Waals surface area (Å²) in [7, 11) is 0. The van der Waals surface area contributed by atoms with Crippen molar-refractivity contribution < 1.29 is 0 Å². The lowest BCUT2D eigenvalue weighted by molar-refractivity contribution is 0.190. The van der Waals surface area contributed by atoms with Crippen LogP contribution < -0.4 is 27.0 Å². The molecule has 44 heavy (non-hydrogen) atoms. The highest BCUT2D eigenvalue weighted by Gasteiger charge is 2.39. The van der Waals surface area contributed by atoms with Gasteiger partial charge < -0.3 is 31.9 Å². The fourth-order valence-electron chi connectivity index (χ4n) is 5.56. The highest BCUT2D eigenvalue weighted by molar-refractivity contribution is 5.88. The molecule has 0 unspecified atom stereocenters. The van der Waals surface area contributed by atoms with Crippen molar-refractivity contribution in [1.29, 1.82) is 0 Å². The van der Waals surface area contributed by atoms with Crippen molar-refractivity contribution >= 4 is 34.8 Å². The van der Waals surface area contributed by atoms with E-state index in [2.05, 4.69) is 65.8 Å². The van der Waals surface area contributed by atoms with E-state index in [-0.39, 0.29) is 5.54 Å². The molecular weight excluding hydrogens is 550 g/mol. The van der Waals surface area contributed by atoms with Gasteiger partial charge in [0.1, 0.15) is 11.5 Å². The third-order valence-corrected chi connectivity index (χ3v) is 8.11. The first-order chi connectivity index (χ1) is 21.0. The van der Waals surface area contributed by atoms with Crippen LogP contribution in [0.15, 0.2) is 66.5 Å². The standard InChI is InChI=1S/C33H43N11/c1-20(36-27-10-12-28(13-11-27)42-32-37-21(2)18-22(3)38-32)8-9-23(4)44-16-14-33(15-17-44)19-35-31(43-33)41-25(6)29-24(5)40-30(34)26(7)39-29/h10-13,18,36H,1,4,6,8-9,14-17,19H2,2-3,5,7H3,(H2,34,40)(H2,35,41,43)(H,37,38,42). The molecule has 2 saturated heterocycles. The third-order valence-electron chi connectivity index (χ3n) is 8.11. The minimum absolute atomic E-state index is 0.0376. The quantitative estimate of drug-likeness (QED) is 0.216. The Labute approximate surface area is 259 Å². The molecule has 4 heterocycles. The summed E-state index contributed by atoms with van der Waals surface area (Å²) in [6.45, 7) is 23.1. The first-order valence-corrected chi connectivity index (χ1v) is 15.0. The van der Waals surface area contributed by atoms with Gasteiger partial charge in [-0.1, -0.05) is 19.7 Å². The number of hydrogen-bond acceptors (Lipinski definition) is 9. The van der Waals surface area contributed by atoms with Crippen LogP contribution in [-0.4, -0.2) is 56.0 Å². The van der Waals surface area contributed by atoms with Crippen LogP contribution in [0.3, 0.4) is 0 Å². The van der Waals surface area contributed by atoms with Crippen LogP contribution in [0.5, 0.6) is 0 Å². The van der Waals surface area contributed by atoms with Gasteiger partial charge in [0.15, 0.2) is 5.96 Å². The fraction of sp³-hybridized carbons (Fsp3) is 0.364. The lowest BCUT2D eigenvalue weighted by Gasteiger charge is -2.40. The fourth-order valence-corrected chi connectivity index (χ4v) is 5.56. The summed E-state index contributed by atoms with van der Waals surface area (Å²) in [5, 5.41) is 13.7. The Balaban J connectivity index is 1.06. The lowest BCUT2D eigenvalue weighted by Crippen LogP contribution is -2.52. The Hall–Kier alpha value is -4.93. The van der Waals surface area contributed by atoms with Gasteiger partial charge in [-0.15, -0.1) is 0 Å². The van der Waals surface area contributed by atoms with Crippen molar-refractivity contribution in [3.8, 4) is 0 Å². The second-order valence-corrected chi connectivity index (χ2v) is 11.8. The summed E-state index contributed by atoms with van der Waals surface area (Å²) < 4.78 is 0. The molecule has 2 aliphatic heterocycles. The number of likely N-dealkylation sites (tertiary alicyclic amines) is 1. The first kappa shape index (κ1) is 30.5. The van der Waals surface area contributed by atoms with E-state index < -0.39 is 0 Å². The molecule has 0 atom stereocenters. The Morgan fingerprint density at radius 2 is 1.59 bits per heavy atom. The van der Waals surface area contributed by atoms with Crippen LogP contribution in [0.4, 0.5) is 23.1 Å². The Morgan fingerprint density at radius 1 is 0.932 bits per heavy atom. The maximum absolute atomic E-state index is 5.89. The molecule has 11 heteroatoms. The van der Waals surface area contributed by atoms with E-state index in [9.17, 15) is 0 Å². The summed E-state index contributed by atoms with van der Waals surface area (Å²) in [5.74, 6) is 1.76. The van der Waals surface area contributed by atoms with Crippen molar-refractivity contribution in [2.45, 2.75) is 58.9 Å². The van der Waals surface area contributed by atoms with Crippen molar-refractivity contribution in [3.05, 3.63) is 89.9 Å². The molecule has 11 nitrogen and oxygen atoms in total. The summed E-state index contributed by atoms with van der Waals surface area (Å²) in [6, 6.07) is 10.0. The maximum Gasteiger partial charge on any atom is 0.227 e. The minimum Gasteiger partial charge on any atom is -0.382 e. The zero-order valence-corrected chi connectivity index (χ0v) is 26.2. The van der Waals surface area contributed by atoms with Crippen LogP contribution in [0.2, 0.25) is 0 Å². The van der Waals surface area contributed by atoms with Gasteiger partial charge in [-0.05, 0) is 83.7 Å². The number of guanidine groups is 1. The SMILES string of the molecule is C=C(CCC(=C)N1CCC2(CC1)CN/C(=N\C(=C)c1nc(C)c(N)nc1C)N2)Nc1ccc(Nc2nc(C)cc(C)n2)cc1. The van der Waals surface area contributed by atoms with Crippen molar-refractivity contribution in [1.82, 2.24) is 35.5 Å². The van der Waals surface area contributed by atoms with E-state index in [0.717, 1.165) is 91.1 Å². The van der Waals surface area contributed by atoms with E-state index >= 15 is 0 Å². The number of aromatic nitrogens is 4. The number of nitrogens with one attached hydrogen (secondary N) is 4. The lowest BCUT2D eigenvalue weighted by atomic mass is 9.88. The Bertz CT molecular complexity index is 1580. The average Bonchev–Trinajstić information content (AvgIpc) is 3.35. The molecule has 2 aliphatic rings. The van der Waals surface area contributed by atoms with Gasteiger partial charge >= 0.3 is 0 Å². The van der Waals surface area contributed by atoms with Gasteiger partial charge in [-0.25, -0.2) is 24.9 Å². The number of rotatable bonds is 10. The number of anilines is 4. The smallest absolute Gasteiger partial charge is 0.227 e. The van der Waals surface area contributed by atoms with Gasteiger partial charge in [0.25, 0.3) is 0 Å². The number of aryl methyl sites for hydroxylation is 4. The van der Waals surface area contributed by atoms with E-state index in [1.165, 1.54) is 0 Å². The van der Waals surface area contributed by atoms with E-state index in [4.69, 9.17) is 10.7 Å². The highest BCUT2D eigenvalue weighted by atomic mass is 15.3. The van der Waals surface area contributed by atoms with Gasteiger partial charge in [-0.2, -0.15) is 0 Å². The number of nitrogens with zero attached hydrogens (tertiary/aromatic N) is 6. The number of piperidine rings is 1. The second-order valence-electron chi connectivity index (χ2n) is 11.8. The largest absolute Gasteiger partial charge is 0.382 e. The van der Waals surface area contributed by atoms with E-state index in [0.29, 0.717) is 28.9 Å². The molecule has 5 rings (SSSR count). The predicted molar refractivity (Wildman–Crippen MR) is 179 cm³/mol. The normalized spacial score (nSPS) is 16.4. The van der Waals surface area contributed by atoms with Crippen LogP contribution in [0, 0.1) is 27.7 Å². The summed E-state index contributed by atoms with van der Waals surface area (Å²) in [6.07, 6.45) is 3.62. The third kappa shape index (κ3) is 7.34. The second kappa shape index (κ2) is 12.7. The van der Waals surface area contributed by atoms with Crippen molar-refractivity contribution in [2.75, 3.05) is 36.0 Å². The summed E-state index contributed by atoms with van der Waals surface area (Å²) in [4.78, 5) is 24.9. The van der Waals surface area contributed by atoms with Crippen molar-refractivity contribution in [2.24, 2.45) is 4.99 Å². The van der Waals surface area contributed by atoms with Crippen LogP contribution >= 0.6 is 0 Å². The first-order valence-electron chi connectivity index (χ1n) is 15.0.